The number of hydrogen-bond donors (Lipinski definition) is 2. The minimum absolute atomic E-state index is 0.155. The van der Waals surface area contributed by atoms with Crippen LogP contribution < -0.4 is 10.6 Å². The van der Waals surface area contributed by atoms with Crippen molar-refractivity contribution in [2.75, 3.05) is 5.32 Å². The number of amides is 1. The van der Waals surface area contributed by atoms with Crippen LogP contribution in [0.3, 0.4) is 0 Å². The first-order chi connectivity index (χ1) is 19.1. The van der Waals surface area contributed by atoms with Gasteiger partial charge in [0.25, 0.3) is 0 Å². The normalized spacial score (nSPS) is 11.4. The van der Waals surface area contributed by atoms with Crippen molar-refractivity contribution >= 4 is 69.3 Å². The van der Waals surface area contributed by atoms with Crippen molar-refractivity contribution in [2.45, 2.75) is 26.7 Å². The third-order valence-corrected chi connectivity index (χ3v) is 6.86. The van der Waals surface area contributed by atoms with Crippen molar-refractivity contribution in [2.24, 2.45) is 0 Å². The van der Waals surface area contributed by atoms with Crippen LogP contribution in [0.4, 0.5) is 5.69 Å². The highest BCUT2D eigenvalue weighted by molar-refractivity contribution is 7.80. The van der Waals surface area contributed by atoms with Gasteiger partial charge in [-0.05, 0) is 96.9 Å². The van der Waals surface area contributed by atoms with E-state index in [1.54, 1.807) is 36.4 Å². The maximum atomic E-state index is 12.5. The molecule has 6 nitrogen and oxygen atoms in total. The van der Waals surface area contributed by atoms with E-state index in [0.717, 1.165) is 33.5 Å². The van der Waals surface area contributed by atoms with Crippen molar-refractivity contribution in [3.05, 3.63) is 99.7 Å². The predicted molar refractivity (Wildman–Crippen MR) is 166 cm³/mol. The van der Waals surface area contributed by atoms with E-state index in [4.69, 9.17) is 44.3 Å². The van der Waals surface area contributed by atoms with Gasteiger partial charge in [-0.2, -0.15) is 0 Å². The summed E-state index contributed by atoms with van der Waals surface area (Å²) in [5.41, 5.74) is 5.94. The number of rotatable bonds is 6. The topological polar surface area (TPSA) is 80.3 Å². The first-order valence-electron chi connectivity index (χ1n) is 12.5. The number of hydrogen-bond acceptors (Lipinski definition) is 5. The average Bonchev–Trinajstić information content (AvgIpc) is 3.55. The second-order valence-electron chi connectivity index (χ2n) is 9.57. The van der Waals surface area contributed by atoms with E-state index in [-0.39, 0.29) is 5.11 Å². The molecule has 0 atom stereocenters. The number of carbonyl (C=O) groups is 1. The van der Waals surface area contributed by atoms with Gasteiger partial charge in [-0.25, -0.2) is 4.98 Å². The summed E-state index contributed by atoms with van der Waals surface area (Å²) in [5.74, 6) is 1.57. The summed E-state index contributed by atoms with van der Waals surface area (Å²) in [6.45, 7) is 6.23. The van der Waals surface area contributed by atoms with Crippen molar-refractivity contribution < 1.29 is 13.6 Å². The van der Waals surface area contributed by atoms with Crippen molar-refractivity contribution in [1.29, 1.82) is 0 Å². The van der Waals surface area contributed by atoms with Gasteiger partial charge in [0.15, 0.2) is 10.7 Å². The minimum Gasteiger partial charge on any atom is -0.457 e. The Bertz CT molecular complexity index is 1750. The Morgan fingerprint density at radius 2 is 1.73 bits per heavy atom. The first kappa shape index (κ1) is 27.6. The third-order valence-electron chi connectivity index (χ3n) is 6.22. The molecule has 0 spiro atoms. The molecule has 40 heavy (non-hydrogen) atoms. The quantitative estimate of drug-likeness (QED) is 0.152. The molecule has 2 N–H and O–H groups in total. The molecule has 0 saturated heterocycles. The largest absolute Gasteiger partial charge is 0.457 e. The maximum absolute atomic E-state index is 12.5. The van der Waals surface area contributed by atoms with E-state index in [1.165, 1.54) is 11.6 Å². The van der Waals surface area contributed by atoms with Crippen LogP contribution in [-0.4, -0.2) is 16.0 Å². The molecule has 0 saturated carbocycles. The Morgan fingerprint density at radius 3 is 2.48 bits per heavy atom. The van der Waals surface area contributed by atoms with Gasteiger partial charge >= 0.3 is 0 Å². The maximum Gasteiger partial charge on any atom is 0.250 e. The SMILES string of the molecule is Cc1ccc(-c2nc3cc(C(C)C)ccc3o2)cc1NC(=S)NC(=O)/C=C/c1ccc(-c2cc(Cl)cc(Cl)c2)o1. The van der Waals surface area contributed by atoms with Gasteiger partial charge in [0.2, 0.25) is 11.8 Å². The number of aryl methyl sites for hydroxylation is 1. The lowest BCUT2D eigenvalue weighted by Gasteiger charge is -2.11. The lowest BCUT2D eigenvalue weighted by atomic mass is 10.0. The molecule has 0 unspecified atom stereocenters. The number of benzene rings is 3. The summed E-state index contributed by atoms with van der Waals surface area (Å²) in [6.07, 6.45) is 2.89. The lowest BCUT2D eigenvalue weighted by molar-refractivity contribution is -0.115. The smallest absolute Gasteiger partial charge is 0.250 e. The Hall–Kier alpha value is -3.91. The summed E-state index contributed by atoms with van der Waals surface area (Å²) < 4.78 is 11.8. The Balaban J connectivity index is 1.24. The van der Waals surface area contributed by atoms with Crippen molar-refractivity contribution in [1.82, 2.24) is 10.3 Å². The van der Waals surface area contributed by atoms with Crippen molar-refractivity contribution in [3.8, 4) is 22.8 Å². The summed E-state index contributed by atoms with van der Waals surface area (Å²) in [7, 11) is 0. The van der Waals surface area contributed by atoms with Crippen LogP contribution in [0.15, 0.2) is 81.6 Å². The number of carbonyl (C=O) groups excluding carboxylic acids is 1. The predicted octanol–water partition coefficient (Wildman–Crippen LogP) is 9.02. The number of nitrogens with zero attached hydrogens (tertiary/aromatic N) is 1. The van der Waals surface area contributed by atoms with Gasteiger partial charge in [0, 0.05) is 32.9 Å². The molecule has 5 aromatic rings. The van der Waals surface area contributed by atoms with Gasteiger partial charge < -0.3 is 14.2 Å². The monoisotopic (exact) mass is 589 g/mol. The van der Waals surface area contributed by atoms with Crippen LogP contribution in [0.2, 0.25) is 10.0 Å². The fraction of sp³-hybridized carbons (Fsp3) is 0.129. The van der Waals surface area contributed by atoms with E-state index in [0.29, 0.717) is 33.4 Å². The molecule has 0 bridgehead atoms. The van der Waals surface area contributed by atoms with Gasteiger partial charge in [-0.1, -0.05) is 49.2 Å². The van der Waals surface area contributed by atoms with Crippen LogP contribution in [0.1, 0.15) is 36.7 Å². The molecule has 3 aromatic carbocycles. The van der Waals surface area contributed by atoms with Gasteiger partial charge in [-0.15, -0.1) is 0 Å². The van der Waals surface area contributed by atoms with Crippen LogP contribution in [0, 0.1) is 6.92 Å². The zero-order valence-corrected chi connectivity index (χ0v) is 24.2. The molecule has 0 aliphatic heterocycles. The molecular formula is C31H25Cl2N3O3S. The standard InChI is InChI=1S/C31H25Cl2N3O3S/c1-17(2)19-6-9-28-26(14-19)34-30(39-28)20-5-4-18(3)25(15-20)35-31(40)36-29(37)11-8-24-7-10-27(38-24)21-12-22(32)16-23(33)13-21/h4-17H,1-3H3,(H2,35,36,37,40)/b11-8+. The summed E-state index contributed by atoms with van der Waals surface area (Å²) in [5, 5.41) is 6.91. The molecule has 0 radical (unpaired) electrons. The highest BCUT2D eigenvalue weighted by Gasteiger charge is 2.13. The highest BCUT2D eigenvalue weighted by atomic mass is 35.5. The van der Waals surface area contributed by atoms with Crippen LogP contribution in [0.25, 0.3) is 40.0 Å². The molecule has 0 aliphatic rings. The van der Waals surface area contributed by atoms with Gasteiger partial charge in [0.05, 0.1) is 0 Å². The Labute approximate surface area is 247 Å². The van der Waals surface area contributed by atoms with E-state index in [9.17, 15) is 4.79 Å². The van der Waals surface area contributed by atoms with E-state index < -0.39 is 5.91 Å². The van der Waals surface area contributed by atoms with Crippen LogP contribution >= 0.6 is 35.4 Å². The Morgan fingerprint density at radius 1 is 0.950 bits per heavy atom. The van der Waals surface area contributed by atoms with E-state index in [1.807, 2.05) is 31.2 Å². The third kappa shape index (κ3) is 6.45. The second kappa shape index (κ2) is 11.7. The van der Waals surface area contributed by atoms with Crippen molar-refractivity contribution in [3.63, 3.8) is 0 Å². The molecule has 202 valence electrons. The number of thiocarbonyl (C=S) groups is 1. The number of anilines is 1. The zero-order valence-electron chi connectivity index (χ0n) is 21.9. The molecule has 0 aliphatic carbocycles. The number of nitrogens with one attached hydrogen (secondary N) is 2. The molecule has 2 heterocycles. The van der Waals surface area contributed by atoms with Gasteiger partial charge in [-0.3, -0.25) is 10.1 Å². The number of furan rings is 1. The van der Waals surface area contributed by atoms with E-state index in [2.05, 4.69) is 41.6 Å². The summed E-state index contributed by atoms with van der Waals surface area (Å²) in [4.78, 5) is 17.2. The number of halogens is 2. The number of fused-ring (bicyclic) bond motifs is 1. The molecule has 9 heteroatoms. The molecular weight excluding hydrogens is 565 g/mol. The second-order valence-corrected chi connectivity index (χ2v) is 10.8. The fourth-order valence-electron chi connectivity index (χ4n) is 4.08. The van der Waals surface area contributed by atoms with Crippen LogP contribution in [-0.2, 0) is 4.79 Å². The molecule has 5 rings (SSSR count). The minimum atomic E-state index is -0.407. The average molecular weight is 591 g/mol. The molecule has 1 amide bonds. The molecule has 0 fully saturated rings. The van der Waals surface area contributed by atoms with Gasteiger partial charge in [0.1, 0.15) is 17.0 Å². The zero-order chi connectivity index (χ0) is 28.4. The molecule has 2 aromatic heterocycles. The number of oxazole rings is 1. The highest BCUT2D eigenvalue weighted by Crippen LogP contribution is 2.30. The summed E-state index contributed by atoms with van der Waals surface area (Å²) in [6, 6.07) is 20.5. The first-order valence-corrected chi connectivity index (χ1v) is 13.7. The summed E-state index contributed by atoms with van der Waals surface area (Å²) >= 11 is 17.5. The Kier molecular flexibility index (Phi) is 8.07. The fourth-order valence-corrected chi connectivity index (χ4v) is 4.81. The lowest BCUT2D eigenvalue weighted by Crippen LogP contribution is -2.33. The van der Waals surface area contributed by atoms with Crippen LogP contribution in [0.5, 0.6) is 0 Å². The van der Waals surface area contributed by atoms with E-state index >= 15 is 0 Å². The number of aromatic nitrogens is 1.